The Balaban J connectivity index is 1.72. The van der Waals surface area contributed by atoms with E-state index in [1.54, 1.807) is 18.2 Å². The highest BCUT2D eigenvalue weighted by atomic mass is 19.1. The van der Waals surface area contributed by atoms with Crippen molar-refractivity contribution in [1.82, 2.24) is 0 Å². The minimum atomic E-state index is -0.705. The molecule has 2 aromatic rings. The van der Waals surface area contributed by atoms with E-state index in [4.69, 9.17) is 4.74 Å². The number of anilines is 2. The molecule has 0 saturated heterocycles. The van der Waals surface area contributed by atoms with Crippen molar-refractivity contribution in [3.63, 3.8) is 0 Å². The number of ether oxygens (including phenoxy) is 1. The van der Waals surface area contributed by atoms with Gasteiger partial charge in [-0.25, -0.2) is 9.18 Å². The van der Waals surface area contributed by atoms with Crippen molar-refractivity contribution < 1.29 is 13.9 Å². The zero-order valence-electron chi connectivity index (χ0n) is 12.3. The molecule has 4 nitrogen and oxygen atoms in total. The lowest BCUT2D eigenvalue weighted by Crippen LogP contribution is -2.25. The lowest BCUT2D eigenvalue weighted by molar-refractivity contribution is 0.215. The summed E-state index contributed by atoms with van der Waals surface area (Å²) in [7, 11) is 2.02. The van der Waals surface area contributed by atoms with Gasteiger partial charge in [-0.1, -0.05) is 18.2 Å². The molecule has 2 aromatic carbocycles. The number of benzene rings is 2. The van der Waals surface area contributed by atoms with Crippen LogP contribution < -0.4 is 15.0 Å². The van der Waals surface area contributed by atoms with Crippen molar-refractivity contribution in [2.45, 2.75) is 12.8 Å². The van der Waals surface area contributed by atoms with E-state index in [2.05, 4.69) is 10.2 Å². The molecular formula is C17H17FN2O2. The largest absolute Gasteiger partial charge is 0.417 e. The van der Waals surface area contributed by atoms with Gasteiger partial charge in [-0.05, 0) is 36.6 Å². The first-order valence-corrected chi connectivity index (χ1v) is 7.21. The number of aryl methyl sites for hydroxylation is 1. The second-order valence-electron chi connectivity index (χ2n) is 5.31. The van der Waals surface area contributed by atoms with E-state index in [1.807, 2.05) is 19.2 Å². The lowest BCUT2D eigenvalue weighted by Gasteiger charge is -2.27. The van der Waals surface area contributed by atoms with Gasteiger partial charge in [-0.2, -0.15) is 0 Å². The van der Waals surface area contributed by atoms with Crippen LogP contribution in [0.3, 0.4) is 0 Å². The average molecular weight is 300 g/mol. The molecule has 0 unspecified atom stereocenters. The van der Waals surface area contributed by atoms with Crippen LogP contribution in [0, 0.1) is 5.82 Å². The average Bonchev–Trinajstić information content (AvgIpc) is 2.50. The molecule has 0 saturated carbocycles. The van der Waals surface area contributed by atoms with Gasteiger partial charge < -0.3 is 9.64 Å². The van der Waals surface area contributed by atoms with Crippen LogP contribution in [-0.2, 0) is 6.42 Å². The number of para-hydroxylation sites is 1. The van der Waals surface area contributed by atoms with Crippen LogP contribution in [0.25, 0.3) is 0 Å². The van der Waals surface area contributed by atoms with Crippen LogP contribution in [0.4, 0.5) is 20.6 Å². The molecule has 1 aliphatic heterocycles. The summed E-state index contributed by atoms with van der Waals surface area (Å²) in [5.74, 6) is -0.0500. The second kappa shape index (κ2) is 6.05. The van der Waals surface area contributed by atoms with E-state index >= 15 is 0 Å². The van der Waals surface area contributed by atoms with Gasteiger partial charge >= 0.3 is 6.09 Å². The molecule has 0 aliphatic carbocycles. The van der Waals surface area contributed by atoms with Gasteiger partial charge in [0.25, 0.3) is 0 Å². The van der Waals surface area contributed by atoms with Crippen LogP contribution in [0.15, 0.2) is 42.5 Å². The topological polar surface area (TPSA) is 41.6 Å². The summed E-state index contributed by atoms with van der Waals surface area (Å²) in [5.41, 5.74) is 2.42. The van der Waals surface area contributed by atoms with Crippen molar-refractivity contribution in [2.75, 3.05) is 23.8 Å². The number of carbonyl (C=O) groups is 1. The number of hydrogen-bond donors (Lipinski definition) is 1. The molecule has 1 amide bonds. The molecule has 114 valence electrons. The van der Waals surface area contributed by atoms with Crippen molar-refractivity contribution in [3.05, 3.63) is 53.8 Å². The first kappa shape index (κ1) is 14.4. The molecule has 1 N–H and O–H groups in total. The zero-order chi connectivity index (χ0) is 15.5. The Hall–Kier alpha value is -2.56. The molecule has 1 heterocycles. The first-order chi connectivity index (χ1) is 10.6. The quantitative estimate of drug-likeness (QED) is 0.916. The first-order valence-electron chi connectivity index (χ1n) is 7.21. The molecule has 3 rings (SSSR count). The third kappa shape index (κ3) is 3.03. The Kier molecular flexibility index (Phi) is 3.96. The maximum Gasteiger partial charge on any atom is 0.417 e. The van der Waals surface area contributed by atoms with Crippen molar-refractivity contribution in [2.24, 2.45) is 0 Å². The normalized spacial score (nSPS) is 13.5. The van der Waals surface area contributed by atoms with Crippen LogP contribution in [-0.4, -0.2) is 19.7 Å². The van der Waals surface area contributed by atoms with Crippen LogP contribution >= 0.6 is 0 Å². The summed E-state index contributed by atoms with van der Waals surface area (Å²) in [6, 6.07) is 11.5. The number of nitrogens with zero attached hydrogens (tertiary/aromatic N) is 1. The summed E-state index contributed by atoms with van der Waals surface area (Å²) in [6.45, 7) is 0.984. The van der Waals surface area contributed by atoms with E-state index in [0.29, 0.717) is 5.75 Å². The molecule has 22 heavy (non-hydrogen) atoms. The van der Waals surface area contributed by atoms with Gasteiger partial charge in [0.15, 0.2) is 0 Å². The standard InChI is InChI=1S/C17H17FN2O2/c1-20-10-4-5-12-8-9-13(11-16(12)20)22-17(21)19-15-7-3-2-6-14(15)18/h2-3,6-9,11H,4-5,10H2,1H3,(H,19,21). The Morgan fingerprint density at radius 3 is 2.91 bits per heavy atom. The van der Waals surface area contributed by atoms with Crippen molar-refractivity contribution >= 4 is 17.5 Å². The predicted octanol–water partition coefficient (Wildman–Crippen LogP) is 3.82. The summed E-state index contributed by atoms with van der Waals surface area (Å²) in [4.78, 5) is 14.0. The molecule has 0 fully saturated rings. The SMILES string of the molecule is CN1CCCc2ccc(OC(=O)Nc3ccccc3F)cc21. The molecule has 0 bridgehead atoms. The molecule has 5 heteroatoms. The highest BCUT2D eigenvalue weighted by Crippen LogP contribution is 2.30. The summed E-state index contributed by atoms with van der Waals surface area (Å²) >= 11 is 0. The van der Waals surface area contributed by atoms with Crippen LogP contribution in [0.2, 0.25) is 0 Å². The number of halogens is 1. The van der Waals surface area contributed by atoms with Gasteiger partial charge in [0.1, 0.15) is 11.6 Å². The highest BCUT2D eigenvalue weighted by molar-refractivity contribution is 5.86. The fourth-order valence-electron chi connectivity index (χ4n) is 2.61. The number of carbonyl (C=O) groups excluding carboxylic acids is 1. The summed E-state index contributed by atoms with van der Waals surface area (Å²) < 4.78 is 18.7. The van der Waals surface area contributed by atoms with Gasteiger partial charge in [0.05, 0.1) is 5.69 Å². The van der Waals surface area contributed by atoms with E-state index in [0.717, 1.165) is 25.1 Å². The van der Waals surface area contributed by atoms with Crippen LogP contribution in [0.5, 0.6) is 5.75 Å². The number of nitrogens with one attached hydrogen (secondary N) is 1. The Morgan fingerprint density at radius 2 is 2.09 bits per heavy atom. The maximum atomic E-state index is 13.5. The van der Waals surface area contributed by atoms with Gasteiger partial charge in [-0.3, -0.25) is 5.32 Å². The lowest BCUT2D eigenvalue weighted by atomic mass is 10.0. The fourth-order valence-corrected chi connectivity index (χ4v) is 2.61. The number of amides is 1. The number of rotatable bonds is 2. The van der Waals surface area contributed by atoms with E-state index in [9.17, 15) is 9.18 Å². The molecule has 0 aromatic heterocycles. The Labute approximate surface area is 128 Å². The predicted molar refractivity (Wildman–Crippen MR) is 84.1 cm³/mol. The number of hydrogen-bond acceptors (Lipinski definition) is 3. The van der Waals surface area contributed by atoms with Gasteiger partial charge in [-0.15, -0.1) is 0 Å². The maximum absolute atomic E-state index is 13.5. The minimum absolute atomic E-state index is 0.0996. The van der Waals surface area contributed by atoms with Crippen molar-refractivity contribution in [3.8, 4) is 5.75 Å². The fraction of sp³-hybridized carbons (Fsp3) is 0.235. The number of fused-ring (bicyclic) bond motifs is 1. The van der Waals surface area contributed by atoms with E-state index < -0.39 is 11.9 Å². The third-order valence-electron chi connectivity index (χ3n) is 3.73. The molecule has 0 spiro atoms. The molecular weight excluding hydrogens is 283 g/mol. The second-order valence-corrected chi connectivity index (χ2v) is 5.31. The summed E-state index contributed by atoms with van der Waals surface area (Å²) in [5, 5.41) is 2.40. The van der Waals surface area contributed by atoms with E-state index in [1.165, 1.54) is 17.7 Å². The zero-order valence-corrected chi connectivity index (χ0v) is 12.3. The molecule has 0 radical (unpaired) electrons. The van der Waals surface area contributed by atoms with Crippen LogP contribution in [0.1, 0.15) is 12.0 Å². The van der Waals surface area contributed by atoms with Gasteiger partial charge in [0, 0.05) is 25.3 Å². The smallest absolute Gasteiger partial charge is 0.410 e. The Bertz CT molecular complexity index is 703. The van der Waals surface area contributed by atoms with E-state index in [-0.39, 0.29) is 5.69 Å². The minimum Gasteiger partial charge on any atom is -0.410 e. The monoisotopic (exact) mass is 300 g/mol. The Morgan fingerprint density at radius 1 is 1.27 bits per heavy atom. The molecule has 0 atom stereocenters. The van der Waals surface area contributed by atoms with Crippen molar-refractivity contribution in [1.29, 1.82) is 0 Å². The molecule has 1 aliphatic rings. The summed E-state index contributed by atoms with van der Waals surface area (Å²) in [6.07, 6.45) is 1.45. The third-order valence-corrected chi connectivity index (χ3v) is 3.73. The van der Waals surface area contributed by atoms with Gasteiger partial charge in [0.2, 0.25) is 0 Å². The highest BCUT2D eigenvalue weighted by Gasteiger charge is 2.15.